The van der Waals surface area contributed by atoms with Crippen molar-refractivity contribution in [2.75, 3.05) is 12.3 Å². The monoisotopic (exact) mass is 294 g/mol. The zero-order valence-electron chi connectivity index (χ0n) is 9.48. The molecule has 0 fully saturated rings. The summed E-state index contributed by atoms with van der Waals surface area (Å²) in [7, 11) is 0. The predicted octanol–water partition coefficient (Wildman–Crippen LogP) is 2.32. The Bertz CT molecular complexity index is 344. The number of carbonyl (C=O) groups is 1. The largest absolute Gasteiger partial charge is 0.354 e. The molecule has 0 saturated carbocycles. The van der Waals surface area contributed by atoms with Gasteiger partial charge in [0.25, 0.3) is 0 Å². The smallest absolute Gasteiger partial charge is 0.236 e. The molecule has 3 N–H and O–H groups in total. The molecule has 96 valence electrons. The number of nitrogens with two attached hydrogens (primary N) is 1. The predicted molar refractivity (Wildman–Crippen MR) is 76.1 cm³/mol. The van der Waals surface area contributed by atoms with Crippen LogP contribution in [0.3, 0.4) is 0 Å². The van der Waals surface area contributed by atoms with Gasteiger partial charge in [-0.05, 0) is 31.2 Å². The molecule has 6 heteroatoms. The average Bonchev–Trinajstić information content (AvgIpc) is 2.26. The van der Waals surface area contributed by atoms with E-state index in [1.165, 1.54) is 0 Å². The van der Waals surface area contributed by atoms with E-state index in [1.54, 1.807) is 18.7 Å². The molecule has 0 unspecified atom stereocenters. The molecule has 3 nitrogen and oxygen atoms in total. The Morgan fingerprint density at radius 2 is 2.06 bits per heavy atom. The number of hydrogen-bond donors (Lipinski definition) is 2. The fourth-order valence-electron chi connectivity index (χ4n) is 1.03. The summed E-state index contributed by atoms with van der Waals surface area (Å²) in [6.45, 7) is 2.29. The van der Waals surface area contributed by atoms with Crippen LogP contribution in [-0.4, -0.2) is 24.2 Å². The van der Waals surface area contributed by atoms with Crippen molar-refractivity contribution >= 4 is 41.7 Å². The summed E-state index contributed by atoms with van der Waals surface area (Å²) in [5.74, 6) is 0.705. The Hall–Kier alpha value is -0.420. The van der Waals surface area contributed by atoms with Gasteiger partial charge in [-0.1, -0.05) is 11.6 Å². The van der Waals surface area contributed by atoms with Crippen molar-refractivity contribution in [2.45, 2.75) is 17.9 Å². The van der Waals surface area contributed by atoms with Crippen LogP contribution in [0.25, 0.3) is 0 Å². The molecule has 1 amide bonds. The van der Waals surface area contributed by atoms with Gasteiger partial charge in [-0.25, -0.2) is 0 Å². The lowest BCUT2D eigenvalue weighted by Crippen LogP contribution is -2.39. The number of carbonyl (C=O) groups excluding carboxylic acids is 1. The van der Waals surface area contributed by atoms with Crippen LogP contribution in [0.4, 0.5) is 0 Å². The Balaban J connectivity index is 0.00000256. The first-order valence-electron chi connectivity index (χ1n) is 5.01. The van der Waals surface area contributed by atoms with Crippen molar-refractivity contribution in [3.8, 4) is 0 Å². The van der Waals surface area contributed by atoms with Gasteiger partial charge in [0.05, 0.1) is 6.04 Å². The molecule has 1 rings (SSSR count). The molecule has 0 spiro atoms. The van der Waals surface area contributed by atoms with E-state index in [2.05, 4.69) is 5.32 Å². The normalized spacial score (nSPS) is 11.5. The average molecular weight is 295 g/mol. The standard InChI is InChI=1S/C11H15ClN2OS.ClH/c1-8(13)11(15)14-6-7-16-10-4-2-9(12)3-5-10;/h2-5,8H,6-7,13H2,1H3,(H,14,15);1H/t8-;/m0./s1. The molecule has 17 heavy (non-hydrogen) atoms. The second-order valence-electron chi connectivity index (χ2n) is 3.38. The van der Waals surface area contributed by atoms with Crippen LogP contribution in [0, 0.1) is 0 Å². The molecule has 1 atom stereocenters. The number of amides is 1. The van der Waals surface area contributed by atoms with Gasteiger partial charge in [0.15, 0.2) is 0 Å². The van der Waals surface area contributed by atoms with Gasteiger partial charge in [-0.15, -0.1) is 24.2 Å². The lowest BCUT2D eigenvalue weighted by molar-refractivity contribution is -0.121. The highest BCUT2D eigenvalue weighted by Crippen LogP contribution is 2.19. The number of halogens is 2. The summed E-state index contributed by atoms with van der Waals surface area (Å²) in [6.07, 6.45) is 0. The molecular weight excluding hydrogens is 279 g/mol. The van der Waals surface area contributed by atoms with Gasteiger partial charge in [0.1, 0.15) is 0 Å². The molecule has 0 heterocycles. The van der Waals surface area contributed by atoms with Crippen LogP contribution in [0.1, 0.15) is 6.92 Å². The molecule has 0 aliphatic heterocycles. The maximum atomic E-state index is 11.1. The Kier molecular flexibility index (Phi) is 8.43. The van der Waals surface area contributed by atoms with Gasteiger partial charge in [0, 0.05) is 22.2 Å². The van der Waals surface area contributed by atoms with Crippen LogP contribution < -0.4 is 11.1 Å². The molecule has 0 aromatic heterocycles. The summed E-state index contributed by atoms with van der Waals surface area (Å²) in [5.41, 5.74) is 5.41. The highest BCUT2D eigenvalue weighted by atomic mass is 35.5. The van der Waals surface area contributed by atoms with Crippen LogP contribution in [0.2, 0.25) is 5.02 Å². The summed E-state index contributed by atoms with van der Waals surface area (Å²) in [6, 6.07) is 7.18. The van der Waals surface area contributed by atoms with Crippen molar-refractivity contribution < 1.29 is 4.79 Å². The molecule has 1 aromatic carbocycles. The zero-order valence-corrected chi connectivity index (χ0v) is 11.9. The Morgan fingerprint density at radius 1 is 1.47 bits per heavy atom. The fourth-order valence-corrected chi connectivity index (χ4v) is 1.93. The minimum absolute atomic E-state index is 0. The minimum atomic E-state index is -0.444. The van der Waals surface area contributed by atoms with Gasteiger partial charge in [0.2, 0.25) is 5.91 Å². The van der Waals surface area contributed by atoms with Crippen LogP contribution in [0.15, 0.2) is 29.2 Å². The zero-order chi connectivity index (χ0) is 12.0. The number of thioether (sulfide) groups is 1. The number of benzene rings is 1. The summed E-state index contributed by atoms with van der Waals surface area (Å²) in [5, 5.41) is 3.48. The minimum Gasteiger partial charge on any atom is -0.354 e. The number of rotatable bonds is 5. The maximum absolute atomic E-state index is 11.1. The first kappa shape index (κ1) is 16.6. The summed E-state index contributed by atoms with van der Waals surface area (Å²) < 4.78 is 0. The van der Waals surface area contributed by atoms with E-state index in [4.69, 9.17) is 17.3 Å². The maximum Gasteiger partial charge on any atom is 0.236 e. The molecule has 0 aliphatic carbocycles. The van der Waals surface area contributed by atoms with E-state index in [1.807, 2.05) is 24.3 Å². The van der Waals surface area contributed by atoms with E-state index in [0.717, 1.165) is 15.7 Å². The highest BCUT2D eigenvalue weighted by Gasteiger charge is 2.05. The fraction of sp³-hybridized carbons (Fsp3) is 0.364. The van der Waals surface area contributed by atoms with Crippen LogP contribution in [-0.2, 0) is 4.79 Å². The highest BCUT2D eigenvalue weighted by molar-refractivity contribution is 7.99. The lowest BCUT2D eigenvalue weighted by Gasteiger charge is -2.07. The van der Waals surface area contributed by atoms with Gasteiger partial charge in [-0.3, -0.25) is 4.79 Å². The Morgan fingerprint density at radius 3 is 2.59 bits per heavy atom. The summed E-state index contributed by atoms with van der Waals surface area (Å²) in [4.78, 5) is 12.3. The van der Waals surface area contributed by atoms with Crippen molar-refractivity contribution in [2.24, 2.45) is 5.73 Å². The van der Waals surface area contributed by atoms with E-state index >= 15 is 0 Å². The van der Waals surface area contributed by atoms with Crippen molar-refractivity contribution in [1.29, 1.82) is 0 Å². The second-order valence-corrected chi connectivity index (χ2v) is 4.99. The Labute approximate surface area is 117 Å². The van der Waals surface area contributed by atoms with Crippen molar-refractivity contribution in [1.82, 2.24) is 5.32 Å². The van der Waals surface area contributed by atoms with E-state index in [9.17, 15) is 4.79 Å². The number of nitrogens with one attached hydrogen (secondary N) is 1. The molecule has 0 bridgehead atoms. The van der Waals surface area contributed by atoms with Crippen LogP contribution >= 0.6 is 35.8 Å². The molecule has 0 saturated heterocycles. The van der Waals surface area contributed by atoms with Gasteiger partial charge in [-0.2, -0.15) is 0 Å². The quantitative estimate of drug-likeness (QED) is 0.647. The molecule has 1 aromatic rings. The first-order valence-corrected chi connectivity index (χ1v) is 6.37. The molecule has 0 aliphatic rings. The third-order valence-corrected chi connectivity index (χ3v) is 3.16. The van der Waals surface area contributed by atoms with Gasteiger partial charge < -0.3 is 11.1 Å². The molecule has 0 radical (unpaired) electrons. The number of hydrogen-bond acceptors (Lipinski definition) is 3. The van der Waals surface area contributed by atoms with Crippen molar-refractivity contribution in [3.63, 3.8) is 0 Å². The van der Waals surface area contributed by atoms with Crippen molar-refractivity contribution in [3.05, 3.63) is 29.3 Å². The van der Waals surface area contributed by atoms with Gasteiger partial charge >= 0.3 is 0 Å². The topological polar surface area (TPSA) is 55.1 Å². The third-order valence-electron chi connectivity index (χ3n) is 1.90. The van der Waals surface area contributed by atoms with E-state index in [-0.39, 0.29) is 18.3 Å². The van der Waals surface area contributed by atoms with E-state index < -0.39 is 6.04 Å². The SMILES string of the molecule is C[C@H](N)C(=O)NCCSc1ccc(Cl)cc1.Cl. The molecular formula is C11H16Cl2N2OS. The first-order chi connectivity index (χ1) is 7.59. The lowest BCUT2D eigenvalue weighted by atomic mass is 10.3. The van der Waals surface area contributed by atoms with Crippen LogP contribution in [0.5, 0.6) is 0 Å². The van der Waals surface area contributed by atoms with E-state index in [0.29, 0.717) is 6.54 Å². The second kappa shape index (κ2) is 8.64. The third kappa shape index (κ3) is 6.78. The summed E-state index contributed by atoms with van der Waals surface area (Å²) >= 11 is 7.44.